The summed E-state index contributed by atoms with van der Waals surface area (Å²) in [6.45, 7) is 0. The third-order valence-corrected chi connectivity index (χ3v) is 18.5. The fourth-order valence-electron chi connectivity index (χ4n) is 14.0. The summed E-state index contributed by atoms with van der Waals surface area (Å²) in [5.41, 5.74) is 26.2. The number of nitrogens with zero attached hydrogens (tertiary/aromatic N) is 4. The summed E-state index contributed by atoms with van der Waals surface area (Å²) in [4.78, 5) is 2.34. The molecule has 4 nitrogen and oxygen atoms in total. The number of rotatable bonds is 11. The number of hydrogen-bond donors (Lipinski definition) is 0. The van der Waals surface area contributed by atoms with Crippen molar-refractivity contribution in [2.24, 2.45) is 0 Å². The number of hydrogen-bond acceptors (Lipinski definition) is 1. The molecule has 442 valence electrons. The normalized spacial score (nSPS) is 11.4. The van der Waals surface area contributed by atoms with Gasteiger partial charge in [-0.3, -0.25) is 0 Å². The molecule has 18 aromatic rings. The van der Waals surface area contributed by atoms with Crippen LogP contribution in [0, 0.1) is 0 Å². The van der Waals surface area contributed by atoms with Crippen LogP contribution in [0.25, 0.3) is 138 Å². The van der Waals surface area contributed by atoms with Crippen molar-refractivity contribution in [2.45, 2.75) is 0 Å². The summed E-state index contributed by atoms with van der Waals surface area (Å²) in [6, 6.07) is 135. The number of fused-ring (bicyclic) bond motifs is 9. The molecule has 0 bridgehead atoms. The average Bonchev–Trinajstić information content (AvgIpc) is 1.60. The fourth-order valence-corrected chi connectivity index (χ4v) is 14.0. The molecule has 0 aliphatic heterocycles. The first-order chi connectivity index (χ1) is 46.6. The topological polar surface area (TPSA) is 18.0 Å². The molecule has 0 saturated heterocycles. The Hall–Kier alpha value is -12.5. The van der Waals surface area contributed by atoms with E-state index in [1.54, 1.807) is 0 Å². The van der Waals surface area contributed by atoms with E-state index in [1.807, 2.05) is 0 Å². The Kier molecular flexibility index (Phi) is 14.2. The predicted molar refractivity (Wildman–Crippen MR) is 398 cm³/mol. The van der Waals surface area contributed by atoms with E-state index in [1.165, 1.54) is 132 Å². The highest BCUT2D eigenvalue weighted by Gasteiger charge is 2.19. The van der Waals surface area contributed by atoms with Crippen LogP contribution < -0.4 is 4.90 Å². The number of benzene rings is 15. The highest BCUT2D eigenvalue weighted by atomic mass is 15.1. The predicted octanol–water partition coefficient (Wildman–Crippen LogP) is 24.5. The lowest BCUT2D eigenvalue weighted by molar-refractivity contribution is 1.18. The summed E-state index contributed by atoms with van der Waals surface area (Å²) in [6.07, 6.45) is 0. The minimum atomic E-state index is 1.10. The number of anilines is 3. The van der Waals surface area contributed by atoms with Crippen LogP contribution in [0.3, 0.4) is 0 Å². The molecule has 94 heavy (non-hydrogen) atoms. The van der Waals surface area contributed by atoms with Gasteiger partial charge in [-0.1, -0.05) is 255 Å². The second-order valence-electron chi connectivity index (χ2n) is 24.0. The Balaban J connectivity index is 0.000000144. The molecule has 0 spiro atoms. The van der Waals surface area contributed by atoms with Crippen LogP contribution in [-0.4, -0.2) is 13.7 Å². The van der Waals surface area contributed by atoms with Crippen molar-refractivity contribution in [2.75, 3.05) is 4.90 Å². The lowest BCUT2D eigenvalue weighted by Gasteiger charge is -2.26. The minimum absolute atomic E-state index is 1.10. The van der Waals surface area contributed by atoms with Gasteiger partial charge in [0.15, 0.2) is 0 Å². The van der Waals surface area contributed by atoms with E-state index < -0.39 is 0 Å². The van der Waals surface area contributed by atoms with E-state index in [2.05, 4.69) is 395 Å². The first kappa shape index (κ1) is 55.6. The van der Waals surface area contributed by atoms with Crippen LogP contribution in [0.15, 0.2) is 376 Å². The first-order valence-corrected chi connectivity index (χ1v) is 32.2. The van der Waals surface area contributed by atoms with Crippen LogP contribution >= 0.6 is 0 Å². The van der Waals surface area contributed by atoms with Crippen molar-refractivity contribution in [3.63, 3.8) is 0 Å². The zero-order chi connectivity index (χ0) is 62.3. The Bertz CT molecular complexity index is 5680. The van der Waals surface area contributed by atoms with Crippen LogP contribution in [0.1, 0.15) is 0 Å². The van der Waals surface area contributed by atoms with Crippen LogP contribution in [-0.2, 0) is 0 Å². The lowest BCUT2D eigenvalue weighted by Crippen LogP contribution is -2.10. The molecule has 15 aromatic carbocycles. The maximum atomic E-state index is 2.39. The summed E-state index contributed by atoms with van der Waals surface area (Å²) >= 11 is 0. The molecule has 0 aliphatic rings. The first-order valence-electron chi connectivity index (χ1n) is 32.2. The third kappa shape index (κ3) is 10.2. The van der Waals surface area contributed by atoms with E-state index in [0.717, 1.165) is 22.7 Å². The van der Waals surface area contributed by atoms with E-state index in [4.69, 9.17) is 0 Å². The van der Waals surface area contributed by atoms with Gasteiger partial charge < -0.3 is 18.6 Å². The molecule has 4 heteroatoms. The largest absolute Gasteiger partial charge is 0.310 e. The van der Waals surface area contributed by atoms with Gasteiger partial charge in [-0.2, -0.15) is 0 Å². The molecule has 0 fully saturated rings. The molecule has 3 heterocycles. The summed E-state index contributed by atoms with van der Waals surface area (Å²) < 4.78 is 7.12. The lowest BCUT2D eigenvalue weighted by atomic mass is 10.0. The van der Waals surface area contributed by atoms with E-state index in [9.17, 15) is 0 Å². The third-order valence-electron chi connectivity index (χ3n) is 18.5. The van der Waals surface area contributed by atoms with Gasteiger partial charge in [0.05, 0.1) is 33.1 Å². The van der Waals surface area contributed by atoms with Gasteiger partial charge in [-0.15, -0.1) is 0 Å². The SMILES string of the molecule is c1ccc(-c2ccc(-n3c4ccccc4c4cc(-c5ccc6c(c5)c5ccccc5n6-c5ccccc5)ccc43)cc2)cc1.c1ccc(-c2ccc(N(c3ccc(-c4ccc(-n5c6ccccc6c6ccccc65)cc4)cc3)c3cccc(-c4ccccc4)c3)cc2)cc1. The molecular formula is C90H62N4. The monoisotopic (exact) mass is 1200 g/mol. The Morgan fingerprint density at radius 3 is 0.787 bits per heavy atom. The quantitative estimate of drug-likeness (QED) is 0.126. The Morgan fingerprint density at radius 1 is 0.149 bits per heavy atom. The van der Waals surface area contributed by atoms with E-state index >= 15 is 0 Å². The maximum Gasteiger partial charge on any atom is 0.0541 e. The summed E-state index contributed by atoms with van der Waals surface area (Å²) in [5.74, 6) is 0. The number of para-hydroxylation sites is 5. The van der Waals surface area contributed by atoms with Crippen LogP contribution in [0.4, 0.5) is 17.1 Å². The van der Waals surface area contributed by atoms with Crippen molar-refractivity contribution < 1.29 is 0 Å². The molecular weight excluding hydrogens is 1140 g/mol. The van der Waals surface area contributed by atoms with Gasteiger partial charge in [-0.25, -0.2) is 0 Å². The van der Waals surface area contributed by atoms with Crippen molar-refractivity contribution >= 4 is 82.5 Å². The van der Waals surface area contributed by atoms with Crippen LogP contribution in [0.2, 0.25) is 0 Å². The average molecular weight is 1200 g/mol. The molecule has 0 amide bonds. The smallest absolute Gasteiger partial charge is 0.0541 e. The van der Waals surface area contributed by atoms with Gasteiger partial charge in [0.2, 0.25) is 0 Å². The molecule has 0 radical (unpaired) electrons. The van der Waals surface area contributed by atoms with E-state index in [0.29, 0.717) is 0 Å². The summed E-state index contributed by atoms with van der Waals surface area (Å²) in [5, 5.41) is 7.61. The maximum absolute atomic E-state index is 2.39. The van der Waals surface area contributed by atoms with Gasteiger partial charge in [0, 0.05) is 66.4 Å². The summed E-state index contributed by atoms with van der Waals surface area (Å²) in [7, 11) is 0. The van der Waals surface area contributed by atoms with Crippen molar-refractivity contribution in [3.05, 3.63) is 376 Å². The van der Waals surface area contributed by atoms with Gasteiger partial charge in [0.25, 0.3) is 0 Å². The Morgan fingerprint density at radius 2 is 0.404 bits per heavy atom. The van der Waals surface area contributed by atoms with Crippen molar-refractivity contribution in [3.8, 4) is 72.7 Å². The highest BCUT2D eigenvalue weighted by molar-refractivity contribution is 6.13. The molecule has 3 aromatic heterocycles. The molecule has 0 aliphatic carbocycles. The Labute approximate surface area is 546 Å². The molecule has 18 rings (SSSR count). The fraction of sp³-hybridized carbons (Fsp3) is 0. The van der Waals surface area contributed by atoms with Crippen LogP contribution in [0.5, 0.6) is 0 Å². The molecule has 0 N–H and O–H groups in total. The zero-order valence-corrected chi connectivity index (χ0v) is 51.6. The van der Waals surface area contributed by atoms with Gasteiger partial charge in [-0.05, 0) is 177 Å². The highest BCUT2D eigenvalue weighted by Crippen LogP contribution is 2.42. The van der Waals surface area contributed by atoms with Crippen molar-refractivity contribution in [1.29, 1.82) is 0 Å². The van der Waals surface area contributed by atoms with E-state index in [-0.39, 0.29) is 0 Å². The van der Waals surface area contributed by atoms with Gasteiger partial charge in [0.1, 0.15) is 0 Å². The standard InChI is InChI=1S/C48H34N2.C42H28N2/c1-3-12-35(13-4-1)37-22-28-41(29-23-37)49(44-17-11-16-40(34-44)36-14-5-2-6-15-36)42-30-24-38(25-31-42)39-26-32-43(33-27-39)50-47-20-9-7-18-45(47)46-19-8-10-21-48(46)50;1-3-11-29(12-4-1)30-19-23-34(24-20-30)44-40-18-10-8-16-36(40)38-28-32(22-26-42(38)44)31-21-25-41-37(27-31)35-15-7-9-17-39(35)43(41)33-13-5-2-6-14-33/h1-34H;1-28H. The minimum Gasteiger partial charge on any atom is -0.310 e. The molecule has 0 saturated carbocycles. The molecule has 0 unspecified atom stereocenters. The second kappa shape index (κ2) is 24.0. The van der Waals surface area contributed by atoms with Crippen molar-refractivity contribution in [1.82, 2.24) is 13.7 Å². The molecule has 0 atom stereocenters. The number of aromatic nitrogens is 3. The second-order valence-corrected chi connectivity index (χ2v) is 24.0. The zero-order valence-electron chi connectivity index (χ0n) is 51.6. The van der Waals surface area contributed by atoms with Gasteiger partial charge >= 0.3 is 0 Å².